The lowest BCUT2D eigenvalue weighted by molar-refractivity contribution is -0.117. The number of amides is 1. The van der Waals surface area contributed by atoms with Crippen LogP contribution >= 0.6 is 0 Å². The lowest BCUT2D eigenvalue weighted by Crippen LogP contribution is -2.37. The van der Waals surface area contributed by atoms with Crippen molar-refractivity contribution in [3.05, 3.63) is 65.7 Å². The van der Waals surface area contributed by atoms with Crippen LogP contribution in [-0.2, 0) is 22.5 Å². The second-order valence-corrected chi connectivity index (χ2v) is 6.37. The lowest BCUT2D eigenvalue weighted by atomic mass is 10.1. The summed E-state index contributed by atoms with van der Waals surface area (Å²) >= 11 is 0. The maximum atomic E-state index is 12.3. The van der Waals surface area contributed by atoms with Gasteiger partial charge in [0.25, 0.3) is 0 Å². The Morgan fingerprint density at radius 2 is 1.72 bits per heavy atom. The van der Waals surface area contributed by atoms with Crippen molar-refractivity contribution in [2.45, 2.75) is 19.0 Å². The van der Waals surface area contributed by atoms with E-state index in [0.29, 0.717) is 6.42 Å². The number of morpholine rings is 1. The Hall–Kier alpha value is -2.21. The predicted octanol–water partition coefficient (Wildman–Crippen LogP) is 2.03. The summed E-state index contributed by atoms with van der Waals surface area (Å²) in [5, 5.41) is 2.90. The largest absolute Gasteiger partial charge is 0.379 e. The average Bonchev–Trinajstić information content (AvgIpc) is 2.65. The first-order valence-electron chi connectivity index (χ1n) is 8.70. The Balaban J connectivity index is 1.51. The Morgan fingerprint density at radius 1 is 1.04 bits per heavy atom. The summed E-state index contributed by atoms with van der Waals surface area (Å²) in [6, 6.07) is 17.2. The van der Waals surface area contributed by atoms with E-state index in [1.807, 2.05) is 54.6 Å². The summed E-state index contributed by atoms with van der Waals surface area (Å²) in [5.74, 6) is -0.162. The van der Waals surface area contributed by atoms with E-state index in [4.69, 9.17) is 10.5 Å². The van der Waals surface area contributed by atoms with Crippen LogP contribution in [0.5, 0.6) is 0 Å². The number of anilines is 1. The van der Waals surface area contributed by atoms with Crippen molar-refractivity contribution in [1.82, 2.24) is 4.90 Å². The summed E-state index contributed by atoms with van der Waals surface area (Å²) in [7, 11) is 0. The molecule has 1 saturated heterocycles. The van der Waals surface area contributed by atoms with Crippen molar-refractivity contribution in [3.8, 4) is 0 Å². The van der Waals surface area contributed by atoms with Gasteiger partial charge in [0.2, 0.25) is 5.91 Å². The minimum atomic E-state index is -0.560. The van der Waals surface area contributed by atoms with Gasteiger partial charge in [-0.1, -0.05) is 42.5 Å². The Morgan fingerprint density at radius 3 is 2.40 bits per heavy atom. The smallest absolute Gasteiger partial charge is 0.241 e. The van der Waals surface area contributed by atoms with Crippen LogP contribution in [-0.4, -0.2) is 43.2 Å². The second kappa shape index (κ2) is 8.76. The summed E-state index contributed by atoms with van der Waals surface area (Å²) in [6.45, 7) is 4.44. The fourth-order valence-corrected chi connectivity index (χ4v) is 2.91. The van der Waals surface area contributed by atoms with E-state index in [-0.39, 0.29) is 5.91 Å². The number of carbonyl (C=O) groups is 1. The molecule has 3 rings (SSSR count). The van der Waals surface area contributed by atoms with Crippen molar-refractivity contribution < 1.29 is 9.53 Å². The topological polar surface area (TPSA) is 67.6 Å². The van der Waals surface area contributed by atoms with Crippen LogP contribution in [0.4, 0.5) is 5.69 Å². The zero-order chi connectivity index (χ0) is 17.5. The van der Waals surface area contributed by atoms with E-state index in [1.165, 1.54) is 5.56 Å². The molecule has 3 N–H and O–H groups in total. The van der Waals surface area contributed by atoms with Crippen molar-refractivity contribution in [3.63, 3.8) is 0 Å². The molecule has 2 aromatic carbocycles. The SMILES string of the molecule is NC(Cc1ccccc1)C(=O)Nc1ccc(CN2CCOCC2)cc1. The highest BCUT2D eigenvalue weighted by molar-refractivity contribution is 5.94. The zero-order valence-corrected chi connectivity index (χ0v) is 14.4. The molecule has 1 atom stereocenters. The van der Waals surface area contributed by atoms with Crippen molar-refractivity contribution in [2.75, 3.05) is 31.6 Å². The molecular formula is C20H25N3O2. The molecule has 25 heavy (non-hydrogen) atoms. The number of nitrogens with zero attached hydrogens (tertiary/aromatic N) is 1. The maximum Gasteiger partial charge on any atom is 0.241 e. The van der Waals surface area contributed by atoms with Crippen LogP contribution in [0.1, 0.15) is 11.1 Å². The van der Waals surface area contributed by atoms with Crippen LogP contribution in [0.25, 0.3) is 0 Å². The van der Waals surface area contributed by atoms with Crippen LogP contribution < -0.4 is 11.1 Å². The molecule has 0 bridgehead atoms. The number of benzene rings is 2. The summed E-state index contributed by atoms with van der Waals surface area (Å²) in [4.78, 5) is 14.6. The van der Waals surface area contributed by atoms with Gasteiger partial charge >= 0.3 is 0 Å². The first-order chi connectivity index (χ1) is 12.2. The van der Waals surface area contributed by atoms with Crippen LogP contribution in [0.3, 0.4) is 0 Å². The molecule has 5 heteroatoms. The maximum absolute atomic E-state index is 12.3. The van der Waals surface area contributed by atoms with Gasteiger partial charge in [0.15, 0.2) is 0 Å². The van der Waals surface area contributed by atoms with E-state index >= 15 is 0 Å². The molecule has 1 aliphatic heterocycles. The Labute approximate surface area is 148 Å². The fourth-order valence-electron chi connectivity index (χ4n) is 2.91. The van der Waals surface area contributed by atoms with E-state index in [2.05, 4.69) is 10.2 Å². The lowest BCUT2D eigenvalue weighted by Gasteiger charge is -2.26. The summed E-state index contributed by atoms with van der Waals surface area (Å²) in [5.41, 5.74) is 9.09. The van der Waals surface area contributed by atoms with Gasteiger partial charge in [-0.25, -0.2) is 0 Å². The molecule has 0 spiro atoms. The number of carbonyl (C=O) groups excluding carboxylic acids is 1. The molecule has 1 heterocycles. The predicted molar refractivity (Wildman–Crippen MR) is 99.3 cm³/mol. The second-order valence-electron chi connectivity index (χ2n) is 6.37. The van der Waals surface area contributed by atoms with Crippen molar-refractivity contribution in [1.29, 1.82) is 0 Å². The third-order valence-electron chi connectivity index (χ3n) is 4.37. The van der Waals surface area contributed by atoms with E-state index < -0.39 is 6.04 Å². The highest BCUT2D eigenvalue weighted by atomic mass is 16.5. The van der Waals surface area contributed by atoms with Crippen LogP contribution in [0.2, 0.25) is 0 Å². The number of nitrogens with two attached hydrogens (primary N) is 1. The first-order valence-corrected chi connectivity index (χ1v) is 8.70. The van der Waals surface area contributed by atoms with Crippen LogP contribution in [0, 0.1) is 0 Å². The number of ether oxygens (including phenoxy) is 1. The summed E-state index contributed by atoms with van der Waals surface area (Å²) < 4.78 is 5.36. The molecule has 1 fully saturated rings. The Kier molecular flexibility index (Phi) is 6.17. The molecule has 2 aromatic rings. The van der Waals surface area contributed by atoms with Crippen LogP contribution in [0.15, 0.2) is 54.6 Å². The number of rotatable bonds is 6. The molecule has 132 valence electrons. The highest BCUT2D eigenvalue weighted by Crippen LogP contribution is 2.13. The number of nitrogens with one attached hydrogen (secondary N) is 1. The minimum absolute atomic E-state index is 0.162. The fraction of sp³-hybridized carbons (Fsp3) is 0.350. The van der Waals surface area contributed by atoms with Gasteiger partial charge < -0.3 is 15.8 Å². The molecule has 1 unspecified atom stereocenters. The molecule has 1 amide bonds. The molecule has 5 nitrogen and oxygen atoms in total. The van der Waals surface area contributed by atoms with Gasteiger partial charge in [0, 0.05) is 25.3 Å². The zero-order valence-electron chi connectivity index (χ0n) is 14.4. The van der Waals surface area contributed by atoms with Gasteiger partial charge in [-0.3, -0.25) is 9.69 Å². The number of hydrogen-bond donors (Lipinski definition) is 2. The molecule has 1 aliphatic rings. The van der Waals surface area contributed by atoms with E-state index in [1.54, 1.807) is 0 Å². The molecular weight excluding hydrogens is 314 g/mol. The van der Waals surface area contributed by atoms with E-state index in [0.717, 1.165) is 44.1 Å². The van der Waals surface area contributed by atoms with Gasteiger partial charge in [0.05, 0.1) is 19.3 Å². The standard InChI is InChI=1S/C20H25N3O2/c21-19(14-16-4-2-1-3-5-16)20(24)22-18-8-6-17(7-9-18)15-23-10-12-25-13-11-23/h1-9,19H,10-15,21H2,(H,22,24). The molecule has 0 aromatic heterocycles. The molecule has 0 aliphatic carbocycles. The molecule has 0 radical (unpaired) electrons. The monoisotopic (exact) mass is 339 g/mol. The van der Waals surface area contributed by atoms with Crippen molar-refractivity contribution >= 4 is 11.6 Å². The van der Waals surface area contributed by atoms with Gasteiger partial charge in [-0.2, -0.15) is 0 Å². The minimum Gasteiger partial charge on any atom is -0.379 e. The normalized spacial score (nSPS) is 16.4. The van der Waals surface area contributed by atoms with Gasteiger partial charge in [0.1, 0.15) is 0 Å². The quantitative estimate of drug-likeness (QED) is 0.845. The third kappa shape index (κ3) is 5.39. The highest BCUT2D eigenvalue weighted by Gasteiger charge is 2.14. The third-order valence-corrected chi connectivity index (χ3v) is 4.37. The molecule has 0 saturated carbocycles. The first kappa shape index (κ1) is 17.6. The van der Waals surface area contributed by atoms with E-state index in [9.17, 15) is 4.79 Å². The Bertz CT molecular complexity index is 667. The number of hydrogen-bond acceptors (Lipinski definition) is 4. The van der Waals surface area contributed by atoms with Gasteiger partial charge in [-0.15, -0.1) is 0 Å². The van der Waals surface area contributed by atoms with Crippen molar-refractivity contribution in [2.24, 2.45) is 5.73 Å². The average molecular weight is 339 g/mol. The summed E-state index contributed by atoms with van der Waals surface area (Å²) in [6.07, 6.45) is 0.530. The van der Waals surface area contributed by atoms with Gasteiger partial charge in [-0.05, 0) is 29.7 Å².